The third-order valence-corrected chi connectivity index (χ3v) is 5.29. The zero-order valence-electron chi connectivity index (χ0n) is 13.8. The predicted molar refractivity (Wildman–Crippen MR) is 85.9 cm³/mol. The van der Waals surface area contributed by atoms with Crippen molar-refractivity contribution >= 4 is 10.0 Å². The number of hydrogen-bond donors (Lipinski definition) is 2. The molecule has 1 rings (SSSR count). The highest BCUT2D eigenvalue weighted by atomic mass is 32.2. The Bertz CT molecular complexity index is 406. The van der Waals surface area contributed by atoms with E-state index in [0.29, 0.717) is 19.1 Å². The zero-order valence-corrected chi connectivity index (χ0v) is 14.6. The molecular weight excluding hydrogens is 290 g/mol. The molecule has 6 nitrogen and oxygen atoms in total. The van der Waals surface area contributed by atoms with Crippen LogP contribution in [0.4, 0.5) is 0 Å². The van der Waals surface area contributed by atoms with Crippen LogP contribution in [0.3, 0.4) is 0 Å². The Balaban J connectivity index is 2.31. The molecular formula is C14H31N3O3S. The Morgan fingerprint density at radius 3 is 2.24 bits per heavy atom. The van der Waals surface area contributed by atoms with Crippen LogP contribution in [0, 0.1) is 0 Å². The molecule has 1 heterocycles. The molecule has 2 N–H and O–H groups in total. The average molecular weight is 321 g/mol. The van der Waals surface area contributed by atoms with Crippen molar-refractivity contribution in [2.24, 2.45) is 0 Å². The van der Waals surface area contributed by atoms with Crippen LogP contribution in [0.2, 0.25) is 0 Å². The summed E-state index contributed by atoms with van der Waals surface area (Å²) in [6, 6.07) is 0.348. The molecule has 1 unspecified atom stereocenters. The molecule has 1 aliphatic rings. The largest absolute Gasteiger partial charge is 0.394 e. The van der Waals surface area contributed by atoms with Crippen LogP contribution in [0.5, 0.6) is 0 Å². The van der Waals surface area contributed by atoms with Crippen LogP contribution in [-0.2, 0) is 10.0 Å². The summed E-state index contributed by atoms with van der Waals surface area (Å²) < 4.78 is 24.4. The minimum atomic E-state index is -3.05. The molecule has 0 spiro atoms. The van der Waals surface area contributed by atoms with Crippen LogP contribution in [0.25, 0.3) is 0 Å². The van der Waals surface area contributed by atoms with E-state index < -0.39 is 10.0 Å². The third kappa shape index (κ3) is 6.61. The molecule has 7 heteroatoms. The molecule has 21 heavy (non-hydrogen) atoms. The molecule has 1 fully saturated rings. The Kier molecular flexibility index (Phi) is 7.06. The average Bonchev–Trinajstić information content (AvgIpc) is 2.37. The number of aliphatic hydroxyl groups is 1. The minimum absolute atomic E-state index is 0.132. The van der Waals surface area contributed by atoms with Gasteiger partial charge in [0.25, 0.3) is 0 Å². The molecule has 0 aromatic rings. The van der Waals surface area contributed by atoms with Gasteiger partial charge in [0, 0.05) is 37.8 Å². The highest BCUT2D eigenvalue weighted by molar-refractivity contribution is 7.88. The number of aliphatic hydroxyl groups excluding tert-OH is 1. The number of hydrogen-bond acceptors (Lipinski definition) is 5. The maximum Gasteiger partial charge on any atom is 0.211 e. The smallest absolute Gasteiger partial charge is 0.211 e. The van der Waals surface area contributed by atoms with Crippen molar-refractivity contribution < 1.29 is 13.5 Å². The van der Waals surface area contributed by atoms with Gasteiger partial charge in [0.05, 0.1) is 12.9 Å². The van der Waals surface area contributed by atoms with Crippen molar-refractivity contribution in [1.82, 2.24) is 14.5 Å². The summed E-state index contributed by atoms with van der Waals surface area (Å²) in [5.41, 5.74) is -0.233. The lowest BCUT2D eigenvalue weighted by atomic mass is 9.95. The van der Waals surface area contributed by atoms with E-state index in [4.69, 9.17) is 0 Å². The number of piperazine rings is 1. The van der Waals surface area contributed by atoms with Crippen LogP contribution in [0.1, 0.15) is 33.6 Å². The molecule has 0 aromatic heterocycles. The second kappa shape index (κ2) is 7.87. The van der Waals surface area contributed by atoms with Crippen molar-refractivity contribution in [3.63, 3.8) is 0 Å². The summed E-state index contributed by atoms with van der Waals surface area (Å²) in [5.74, 6) is 0. The second-order valence-corrected chi connectivity index (χ2v) is 8.61. The van der Waals surface area contributed by atoms with Gasteiger partial charge in [-0.3, -0.25) is 0 Å². The number of sulfonamides is 1. The van der Waals surface area contributed by atoms with Gasteiger partial charge in [0.1, 0.15) is 0 Å². The summed E-state index contributed by atoms with van der Waals surface area (Å²) >= 11 is 0. The molecule has 0 aliphatic carbocycles. The van der Waals surface area contributed by atoms with Gasteiger partial charge in [-0.1, -0.05) is 13.8 Å². The van der Waals surface area contributed by atoms with Crippen molar-refractivity contribution in [2.45, 2.75) is 45.2 Å². The van der Waals surface area contributed by atoms with E-state index in [1.54, 1.807) is 4.31 Å². The Labute approximate surface area is 129 Å². The topological polar surface area (TPSA) is 72.9 Å². The molecule has 1 atom stereocenters. The lowest BCUT2D eigenvalue weighted by Crippen LogP contribution is -2.50. The van der Waals surface area contributed by atoms with Crippen LogP contribution in [-0.4, -0.2) is 79.9 Å². The van der Waals surface area contributed by atoms with Gasteiger partial charge >= 0.3 is 0 Å². The number of nitrogens with zero attached hydrogens (tertiary/aromatic N) is 2. The van der Waals surface area contributed by atoms with E-state index in [9.17, 15) is 13.5 Å². The standard InChI is InChI=1S/C14H31N3O3S/c1-13(2)15-14(3,12-18)6-5-7-16-8-10-17(11-9-16)21(4,19)20/h13,15,18H,5-12H2,1-4H3. The van der Waals surface area contributed by atoms with Crippen molar-refractivity contribution in [2.75, 3.05) is 45.6 Å². The number of rotatable bonds is 8. The Morgan fingerprint density at radius 1 is 1.24 bits per heavy atom. The molecule has 0 amide bonds. The maximum atomic E-state index is 11.5. The quantitative estimate of drug-likeness (QED) is 0.663. The van der Waals surface area contributed by atoms with E-state index in [1.807, 2.05) is 0 Å². The first kappa shape index (κ1) is 18.8. The molecule has 0 aromatic carbocycles. The Hall–Kier alpha value is -0.210. The van der Waals surface area contributed by atoms with Gasteiger partial charge in [-0.05, 0) is 26.3 Å². The van der Waals surface area contributed by atoms with Gasteiger partial charge < -0.3 is 15.3 Å². The first-order valence-corrected chi connectivity index (χ1v) is 9.57. The van der Waals surface area contributed by atoms with Crippen molar-refractivity contribution in [3.8, 4) is 0 Å². The monoisotopic (exact) mass is 321 g/mol. The van der Waals surface area contributed by atoms with E-state index >= 15 is 0 Å². The predicted octanol–water partition coefficient (Wildman–Crippen LogP) is 0.0928. The summed E-state index contributed by atoms with van der Waals surface area (Å²) in [7, 11) is -3.05. The van der Waals surface area contributed by atoms with Gasteiger partial charge in [-0.15, -0.1) is 0 Å². The fourth-order valence-corrected chi connectivity index (χ4v) is 3.70. The summed E-state index contributed by atoms with van der Waals surface area (Å²) in [6.07, 6.45) is 3.18. The number of nitrogens with one attached hydrogen (secondary N) is 1. The van der Waals surface area contributed by atoms with E-state index in [-0.39, 0.29) is 12.1 Å². The Morgan fingerprint density at radius 2 is 1.81 bits per heavy atom. The lowest BCUT2D eigenvalue weighted by Gasteiger charge is -2.35. The molecule has 1 aliphatic heterocycles. The van der Waals surface area contributed by atoms with Gasteiger partial charge in [0.15, 0.2) is 0 Å². The van der Waals surface area contributed by atoms with Crippen LogP contribution >= 0.6 is 0 Å². The normalized spacial score (nSPS) is 21.6. The minimum Gasteiger partial charge on any atom is -0.394 e. The van der Waals surface area contributed by atoms with Crippen LogP contribution < -0.4 is 5.32 Å². The molecule has 0 radical (unpaired) electrons. The van der Waals surface area contributed by atoms with E-state index in [0.717, 1.165) is 32.5 Å². The fraction of sp³-hybridized carbons (Fsp3) is 1.00. The van der Waals surface area contributed by atoms with Gasteiger partial charge in [0.2, 0.25) is 10.0 Å². The van der Waals surface area contributed by atoms with Gasteiger partial charge in [-0.25, -0.2) is 8.42 Å². The molecule has 0 saturated carbocycles. The molecule has 0 bridgehead atoms. The van der Waals surface area contributed by atoms with Crippen molar-refractivity contribution in [1.29, 1.82) is 0 Å². The SMILES string of the molecule is CC(C)NC(C)(CO)CCCN1CCN(S(C)(=O)=O)CC1. The second-order valence-electron chi connectivity index (χ2n) is 6.63. The van der Waals surface area contributed by atoms with Crippen LogP contribution in [0.15, 0.2) is 0 Å². The van der Waals surface area contributed by atoms with E-state index in [1.165, 1.54) is 6.26 Å². The fourth-order valence-electron chi connectivity index (χ4n) is 2.87. The summed E-state index contributed by atoms with van der Waals surface area (Å²) in [5, 5.41) is 13.0. The highest BCUT2D eigenvalue weighted by Gasteiger charge is 2.25. The first-order valence-electron chi connectivity index (χ1n) is 7.72. The zero-order chi connectivity index (χ0) is 16.1. The van der Waals surface area contributed by atoms with Gasteiger partial charge in [-0.2, -0.15) is 4.31 Å². The third-order valence-electron chi connectivity index (χ3n) is 3.99. The molecule has 126 valence electrons. The summed E-state index contributed by atoms with van der Waals surface area (Å²) in [4.78, 5) is 2.30. The maximum absolute atomic E-state index is 11.5. The first-order chi connectivity index (χ1) is 9.66. The van der Waals surface area contributed by atoms with Crippen molar-refractivity contribution in [3.05, 3.63) is 0 Å². The highest BCUT2D eigenvalue weighted by Crippen LogP contribution is 2.14. The lowest BCUT2D eigenvalue weighted by molar-refractivity contribution is 0.140. The molecule has 1 saturated heterocycles. The summed E-state index contributed by atoms with van der Waals surface area (Å²) in [6.45, 7) is 10.0. The van der Waals surface area contributed by atoms with E-state index in [2.05, 4.69) is 31.0 Å².